The maximum absolute atomic E-state index is 14.9. The van der Waals surface area contributed by atoms with Gasteiger partial charge in [-0.1, -0.05) is 51.1 Å². The molecule has 0 saturated carbocycles. The molecule has 1 unspecified atom stereocenters. The number of urea groups is 1. The number of nitrogens with zero attached hydrogens (tertiary/aromatic N) is 5. The number of rotatable bonds is 10. The van der Waals surface area contributed by atoms with E-state index in [1.165, 1.54) is 0 Å². The van der Waals surface area contributed by atoms with Crippen molar-refractivity contribution in [2.45, 2.75) is 64.7 Å². The third kappa shape index (κ3) is 7.08. The quantitative estimate of drug-likeness (QED) is 0.359. The minimum absolute atomic E-state index is 0.00977. The summed E-state index contributed by atoms with van der Waals surface area (Å²) >= 11 is 0. The van der Waals surface area contributed by atoms with Gasteiger partial charge in [0.15, 0.2) is 11.6 Å². The first-order valence-electron chi connectivity index (χ1n) is 14.0. The molecule has 11 heteroatoms. The molecule has 222 valence electrons. The standard InChI is InChI=1S/C30H39F3N6O2/c1-30(2,3)26(38(15-13-22(34)17-31)29(41)37-14-7-10-23(37)19-40)28-35-27(24-16-21(32)11-12-25(24)33)36-39(28)18-20-8-5-4-6-9-20/h4-6,8-9,11-12,16,22-23,26,40H,7,10,13-15,17-19,34H2,1-3H3/t22-,23-,26?/m1/s1. The Hall–Kier alpha value is -3.44. The van der Waals surface area contributed by atoms with Crippen LogP contribution in [0.2, 0.25) is 0 Å². The molecule has 1 saturated heterocycles. The van der Waals surface area contributed by atoms with E-state index in [4.69, 9.17) is 10.7 Å². The summed E-state index contributed by atoms with van der Waals surface area (Å²) in [5.41, 5.74) is 6.12. The average molecular weight is 573 g/mol. The summed E-state index contributed by atoms with van der Waals surface area (Å²) in [5, 5.41) is 14.6. The second-order valence-electron chi connectivity index (χ2n) is 11.7. The lowest BCUT2D eigenvalue weighted by molar-refractivity contribution is 0.0704. The minimum atomic E-state index is -0.766. The van der Waals surface area contributed by atoms with Crippen LogP contribution in [0.1, 0.15) is 57.5 Å². The van der Waals surface area contributed by atoms with Crippen LogP contribution in [-0.2, 0) is 6.54 Å². The Morgan fingerprint density at radius 1 is 1.20 bits per heavy atom. The van der Waals surface area contributed by atoms with Gasteiger partial charge >= 0.3 is 6.03 Å². The first-order valence-corrected chi connectivity index (χ1v) is 14.0. The largest absolute Gasteiger partial charge is 0.394 e. The van der Waals surface area contributed by atoms with Crippen molar-refractivity contribution in [1.82, 2.24) is 24.6 Å². The van der Waals surface area contributed by atoms with E-state index in [9.17, 15) is 23.1 Å². The number of benzene rings is 2. The molecule has 3 atom stereocenters. The Labute approximate surface area is 239 Å². The summed E-state index contributed by atoms with van der Waals surface area (Å²) in [6, 6.07) is 10.5. The number of hydrogen-bond acceptors (Lipinski definition) is 5. The zero-order chi connectivity index (χ0) is 29.7. The van der Waals surface area contributed by atoms with Crippen LogP contribution in [0.4, 0.5) is 18.0 Å². The molecule has 0 aliphatic carbocycles. The number of aliphatic hydroxyl groups excluding tert-OH is 1. The smallest absolute Gasteiger partial charge is 0.320 e. The van der Waals surface area contributed by atoms with Gasteiger partial charge in [-0.05, 0) is 48.4 Å². The van der Waals surface area contributed by atoms with Gasteiger partial charge < -0.3 is 20.6 Å². The Bertz CT molecular complexity index is 1310. The van der Waals surface area contributed by atoms with Gasteiger partial charge in [0.25, 0.3) is 0 Å². The highest BCUT2D eigenvalue weighted by Crippen LogP contribution is 2.40. The molecule has 0 radical (unpaired) electrons. The van der Waals surface area contributed by atoms with Gasteiger partial charge in [0.05, 0.1) is 30.8 Å². The fraction of sp³-hybridized carbons (Fsp3) is 0.500. The Balaban J connectivity index is 1.87. The van der Waals surface area contributed by atoms with E-state index in [2.05, 4.69) is 5.10 Å². The molecule has 1 aliphatic heterocycles. The van der Waals surface area contributed by atoms with Crippen molar-refractivity contribution >= 4 is 6.03 Å². The summed E-state index contributed by atoms with van der Waals surface area (Å²) in [6.45, 7) is 5.81. The summed E-state index contributed by atoms with van der Waals surface area (Å²) in [6.07, 6.45) is 1.63. The van der Waals surface area contributed by atoms with Gasteiger partial charge in [-0.2, -0.15) is 5.10 Å². The van der Waals surface area contributed by atoms with Crippen molar-refractivity contribution in [3.8, 4) is 11.4 Å². The maximum Gasteiger partial charge on any atom is 0.320 e. The van der Waals surface area contributed by atoms with Crippen molar-refractivity contribution in [3.05, 3.63) is 71.6 Å². The van der Waals surface area contributed by atoms with Gasteiger partial charge in [-0.15, -0.1) is 0 Å². The van der Waals surface area contributed by atoms with Gasteiger partial charge in [0.2, 0.25) is 0 Å². The topological polar surface area (TPSA) is 101 Å². The molecule has 0 spiro atoms. The Kier molecular flexibility index (Phi) is 9.70. The molecule has 1 aliphatic rings. The molecule has 41 heavy (non-hydrogen) atoms. The second kappa shape index (κ2) is 13.0. The number of carbonyl (C=O) groups excluding carboxylic acids is 1. The summed E-state index contributed by atoms with van der Waals surface area (Å²) < 4.78 is 44.1. The lowest BCUT2D eigenvalue weighted by atomic mass is 9.84. The van der Waals surface area contributed by atoms with Crippen molar-refractivity contribution in [2.24, 2.45) is 11.1 Å². The zero-order valence-electron chi connectivity index (χ0n) is 23.8. The van der Waals surface area contributed by atoms with Crippen LogP contribution in [-0.4, -0.2) is 74.2 Å². The van der Waals surface area contributed by atoms with Gasteiger partial charge in [-0.25, -0.2) is 27.6 Å². The zero-order valence-corrected chi connectivity index (χ0v) is 23.8. The fourth-order valence-corrected chi connectivity index (χ4v) is 5.37. The highest BCUT2D eigenvalue weighted by molar-refractivity contribution is 5.76. The molecule has 8 nitrogen and oxygen atoms in total. The molecule has 0 bridgehead atoms. The average Bonchev–Trinajstić information content (AvgIpc) is 3.58. The van der Waals surface area contributed by atoms with Crippen molar-refractivity contribution < 1.29 is 23.1 Å². The van der Waals surface area contributed by atoms with Crippen molar-refractivity contribution in [2.75, 3.05) is 26.4 Å². The summed E-state index contributed by atoms with van der Waals surface area (Å²) in [4.78, 5) is 22.2. The number of halogens is 3. The van der Waals surface area contributed by atoms with E-state index in [1.54, 1.807) is 14.5 Å². The van der Waals surface area contributed by atoms with E-state index in [1.807, 2.05) is 51.1 Å². The van der Waals surface area contributed by atoms with Crippen LogP contribution in [0.3, 0.4) is 0 Å². The van der Waals surface area contributed by atoms with Crippen LogP contribution in [0, 0.1) is 17.0 Å². The van der Waals surface area contributed by atoms with Crippen LogP contribution in [0.15, 0.2) is 48.5 Å². The predicted molar refractivity (Wildman–Crippen MR) is 151 cm³/mol. The minimum Gasteiger partial charge on any atom is -0.394 e. The number of hydrogen-bond donors (Lipinski definition) is 2. The van der Waals surface area contributed by atoms with E-state index in [0.717, 1.165) is 30.2 Å². The number of amides is 2. The second-order valence-corrected chi connectivity index (χ2v) is 11.7. The van der Waals surface area contributed by atoms with Crippen LogP contribution in [0.25, 0.3) is 11.4 Å². The highest BCUT2D eigenvalue weighted by atomic mass is 19.1. The number of alkyl halides is 1. The lowest BCUT2D eigenvalue weighted by Gasteiger charge is -2.42. The van der Waals surface area contributed by atoms with Crippen LogP contribution in [0.5, 0.6) is 0 Å². The molecule has 4 rings (SSSR count). The van der Waals surface area contributed by atoms with E-state index >= 15 is 0 Å². The molecule has 2 heterocycles. The molecule has 3 N–H and O–H groups in total. The number of aliphatic hydroxyl groups is 1. The first kappa shape index (κ1) is 30.5. The summed E-state index contributed by atoms with van der Waals surface area (Å²) in [5.74, 6) is -0.936. The van der Waals surface area contributed by atoms with Crippen LogP contribution < -0.4 is 5.73 Å². The number of nitrogens with two attached hydrogens (primary N) is 1. The summed E-state index contributed by atoms with van der Waals surface area (Å²) in [7, 11) is 0. The van der Waals surface area contributed by atoms with Crippen LogP contribution >= 0.6 is 0 Å². The normalized spacial score (nSPS) is 17.1. The third-order valence-corrected chi connectivity index (χ3v) is 7.44. The fourth-order valence-electron chi connectivity index (χ4n) is 5.37. The number of likely N-dealkylation sites (tertiary alicyclic amines) is 1. The molecule has 1 fully saturated rings. The first-order chi connectivity index (χ1) is 19.5. The van der Waals surface area contributed by atoms with E-state index in [-0.39, 0.29) is 49.6 Å². The molecule has 1 aromatic heterocycles. The van der Waals surface area contributed by atoms with Crippen molar-refractivity contribution in [1.29, 1.82) is 0 Å². The van der Waals surface area contributed by atoms with E-state index in [0.29, 0.717) is 18.8 Å². The van der Waals surface area contributed by atoms with E-state index < -0.39 is 35.8 Å². The van der Waals surface area contributed by atoms with Crippen molar-refractivity contribution in [3.63, 3.8) is 0 Å². The molecule has 2 amide bonds. The number of carbonyl (C=O) groups is 1. The Morgan fingerprint density at radius 3 is 2.59 bits per heavy atom. The van der Waals surface area contributed by atoms with Gasteiger partial charge in [0, 0.05) is 19.1 Å². The molecular formula is C30H39F3N6O2. The SMILES string of the molecule is CC(C)(C)C(c1nc(-c2cc(F)ccc2F)nn1Cc1ccccc1)N(CC[C@@H](N)CF)C(=O)N1CCC[C@@H]1CO. The molecule has 2 aromatic carbocycles. The lowest BCUT2D eigenvalue weighted by Crippen LogP contribution is -2.52. The number of aromatic nitrogens is 3. The monoisotopic (exact) mass is 572 g/mol. The molecular weight excluding hydrogens is 533 g/mol. The third-order valence-electron chi connectivity index (χ3n) is 7.44. The predicted octanol–water partition coefficient (Wildman–Crippen LogP) is 4.92. The van der Waals surface area contributed by atoms with Gasteiger partial charge in [-0.3, -0.25) is 0 Å². The Morgan fingerprint density at radius 2 is 1.93 bits per heavy atom. The highest BCUT2D eigenvalue weighted by Gasteiger charge is 2.42. The molecule has 3 aromatic rings. The maximum atomic E-state index is 14.9. The van der Waals surface area contributed by atoms with Gasteiger partial charge in [0.1, 0.15) is 18.3 Å².